The lowest BCUT2D eigenvalue weighted by Gasteiger charge is -2.47. The van der Waals surface area contributed by atoms with Crippen LogP contribution in [0, 0.1) is 17.8 Å². The number of thioether (sulfide) groups is 1. The number of β-lactam (4-membered cyclic amide) rings is 1. The number of carboxylic acid groups (broad SMARTS) is 1. The van der Waals surface area contributed by atoms with Crippen LogP contribution in [0.3, 0.4) is 0 Å². The van der Waals surface area contributed by atoms with E-state index in [4.69, 9.17) is 5.73 Å². The van der Waals surface area contributed by atoms with Gasteiger partial charge in [0.2, 0.25) is 17.7 Å². The molecule has 5 rings (SSSR count). The van der Waals surface area contributed by atoms with Crippen LogP contribution in [0.4, 0.5) is 0 Å². The zero-order chi connectivity index (χ0) is 30.0. The smallest absolute Gasteiger partial charge is 0.353 e. The molecule has 42 heavy (non-hydrogen) atoms. The van der Waals surface area contributed by atoms with Gasteiger partial charge in [-0.3, -0.25) is 14.4 Å². The Hall–Kier alpha value is -3.08. The highest BCUT2D eigenvalue weighted by molar-refractivity contribution is 8.03. The SMILES string of the molecule is C[C@@H](NC(=O)Cn1cnnn1)[C@H]1C(=O)N2C(C(=O)O)=C(SC3CNC(C(=O)N4CCC(CNCCN)CC4)C3)[C@H](C)[C@H]12. The van der Waals surface area contributed by atoms with Crippen molar-refractivity contribution in [2.75, 3.05) is 39.3 Å². The van der Waals surface area contributed by atoms with Gasteiger partial charge in [-0.1, -0.05) is 6.92 Å². The molecule has 4 aliphatic rings. The number of aliphatic carboxylic acids is 1. The number of carbonyl (C=O) groups is 4. The van der Waals surface area contributed by atoms with Crippen LogP contribution < -0.4 is 21.7 Å². The first-order chi connectivity index (χ1) is 20.2. The van der Waals surface area contributed by atoms with E-state index in [2.05, 4.69) is 31.5 Å². The minimum atomic E-state index is -1.14. The third-order valence-electron chi connectivity index (χ3n) is 8.78. The molecule has 5 heterocycles. The molecule has 3 amide bonds. The lowest BCUT2D eigenvalue weighted by Crippen LogP contribution is -2.66. The van der Waals surface area contributed by atoms with Gasteiger partial charge in [0, 0.05) is 54.8 Å². The van der Waals surface area contributed by atoms with Gasteiger partial charge in [-0.2, -0.15) is 0 Å². The zero-order valence-electron chi connectivity index (χ0n) is 23.9. The first-order valence-electron chi connectivity index (χ1n) is 14.6. The Labute approximate surface area is 248 Å². The zero-order valence-corrected chi connectivity index (χ0v) is 24.8. The molecule has 4 aliphatic heterocycles. The summed E-state index contributed by atoms with van der Waals surface area (Å²) in [5, 5.41) is 30.3. The van der Waals surface area contributed by atoms with Crippen molar-refractivity contribution in [2.45, 2.75) is 63.0 Å². The van der Waals surface area contributed by atoms with Gasteiger partial charge in [0.05, 0.1) is 18.0 Å². The van der Waals surface area contributed by atoms with Crippen molar-refractivity contribution in [1.82, 2.24) is 46.0 Å². The first kappa shape index (κ1) is 30.4. The van der Waals surface area contributed by atoms with Gasteiger partial charge in [-0.05, 0) is 49.1 Å². The molecule has 1 aromatic rings. The van der Waals surface area contributed by atoms with E-state index in [9.17, 15) is 24.3 Å². The van der Waals surface area contributed by atoms with Gasteiger partial charge >= 0.3 is 5.97 Å². The fourth-order valence-electron chi connectivity index (χ4n) is 6.63. The van der Waals surface area contributed by atoms with Crippen LogP contribution in [0.5, 0.6) is 0 Å². The average molecular weight is 605 g/mol. The Morgan fingerprint density at radius 2 is 2.05 bits per heavy atom. The maximum Gasteiger partial charge on any atom is 0.353 e. The summed E-state index contributed by atoms with van der Waals surface area (Å²) in [6, 6.07) is -1.16. The number of nitrogens with zero attached hydrogens (tertiary/aromatic N) is 6. The molecule has 0 radical (unpaired) electrons. The van der Waals surface area contributed by atoms with Gasteiger partial charge in [0.25, 0.3) is 0 Å². The van der Waals surface area contributed by atoms with E-state index >= 15 is 0 Å². The summed E-state index contributed by atoms with van der Waals surface area (Å²) >= 11 is 1.46. The highest BCUT2D eigenvalue weighted by Gasteiger charge is 2.60. The number of piperidine rings is 1. The predicted molar refractivity (Wildman–Crippen MR) is 152 cm³/mol. The summed E-state index contributed by atoms with van der Waals surface area (Å²) in [5.41, 5.74) is 5.57. The normalized spacial score (nSPS) is 28.5. The molecule has 1 aromatic heterocycles. The van der Waals surface area contributed by atoms with Crippen LogP contribution in [0.25, 0.3) is 0 Å². The highest BCUT2D eigenvalue weighted by atomic mass is 32.2. The van der Waals surface area contributed by atoms with Gasteiger partial charge in [-0.15, -0.1) is 16.9 Å². The molecule has 230 valence electrons. The molecule has 6 N–H and O–H groups in total. The van der Waals surface area contributed by atoms with Crippen LogP contribution in [-0.2, 0) is 25.7 Å². The molecule has 15 nitrogen and oxygen atoms in total. The number of fused-ring (bicyclic) bond motifs is 1. The summed E-state index contributed by atoms with van der Waals surface area (Å²) < 4.78 is 1.28. The Morgan fingerprint density at radius 1 is 1.29 bits per heavy atom. The third kappa shape index (κ3) is 6.16. The molecule has 0 bridgehead atoms. The number of hydrogen-bond acceptors (Lipinski definition) is 11. The summed E-state index contributed by atoms with van der Waals surface area (Å²) in [7, 11) is 0. The Bertz CT molecular complexity index is 1200. The maximum absolute atomic E-state index is 13.3. The van der Waals surface area contributed by atoms with Crippen LogP contribution in [0.2, 0.25) is 0 Å². The first-order valence-corrected chi connectivity index (χ1v) is 15.5. The third-order valence-corrected chi connectivity index (χ3v) is 10.3. The van der Waals surface area contributed by atoms with Crippen LogP contribution in [0.15, 0.2) is 16.9 Å². The van der Waals surface area contributed by atoms with E-state index in [1.807, 2.05) is 11.8 Å². The van der Waals surface area contributed by atoms with Crippen molar-refractivity contribution in [1.29, 1.82) is 0 Å². The number of nitrogens with one attached hydrogen (secondary N) is 3. The van der Waals surface area contributed by atoms with Crippen LogP contribution >= 0.6 is 11.8 Å². The molecule has 0 aliphatic carbocycles. The van der Waals surface area contributed by atoms with Crippen molar-refractivity contribution < 1.29 is 24.3 Å². The molecule has 2 unspecified atom stereocenters. The molecule has 3 fully saturated rings. The number of likely N-dealkylation sites (tertiary alicyclic amines) is 1. The van der Waals surface area contributed by atoms with Gasteiger partial charge < -0.3 is 36.6 Å². The Balaban J connectivity index is 1.16. The molecule has 16 heteroatoms. The van der Waals surface area contributed by atoms with Crippen LogP contribution in [0.1, 0.15) is 33.1 Å². The van der Waals surface area contributed by atoms with E-state index in [1.165, 1.54) is 27.7 Å². The monoisotopic (exact) mass is 604 g/mol. The fraction of sp³-hybridized carbons (Fsp3) is 0.731. The molecule has 0 saturated carbocycles. The van der Waals surface area contributed by atoms with Gasteiger partial charge in [0.1, 0.15) is 18.6 Å². The number of carboxylic acids is 1. The summed E-state index contributed by atoms with van der Waals surface area (Å²) in [4.78, 5) is 55.3. The fourth-order valence-corrected chi connectivity index (χ4v) is 8.11. The topological polar surface area (TPSA) is 201 Å². The number of carbonyl (C=O) groups excluding carboxylic acids is 3. The van der Waals surface area contributed by atoms with E-state index in [-0.39, 0.29) is 53.2 Å². The largest absolute Gasteiger partial charge is 0.477 e. The van der Waals surface area contributed by atoms with Crippen molar-refractivity contribution in [3.8, 4) is 0 Å². The second-order valence-electron chi connectivity index (χ2n) is 11.6. The molecule has 0 aromatic carbocycles. The minimum Gasteiger partial charge on any atom is -0.477 e. The van der Waals surface area contributed by atoms with E-state index in [1.54, 1.807) is 6.92 Å². The van der Waals surface area contributed by atoms with E-state index in [0.29, 0.717) is 30.3 Å². The highest BCUT2D eigenvalue weighted by Crippen LogP contribution is 2.51. The van der Waals surface area contributed by atoms with Crippen molar-refractivity contribution in [3.05, 3.63) is 16.9 Å². The van der Waals surface area contributed by atoms with Crippen LogP contribution in [-0.4, -0.2) is 121 Å². The Kier molecular flexibility index (Phi) is 9.44. The lowest BCUT2D eigenvalue weighted by atomic mass is 9.78. The second kappa shape index (κ2) is 13.1. The number of hydrogen-bond donors (Lipinski definition) is 5. The minimum absolute atomic E-state index is 0.00409. The number of aromatic nitrogens is 4. The molecular weight excluding hydrogens is 564 g/mol. The lowest BCUT2D eigenvalue weighted by molar-refractivity contribution is -0.158. The van der Waals surface area contributed by atoms with Crippen molar-refractivity contribution >= 4 is 35.5 Å². The summed E-state index contributed by atoms with van der Waals surface area (Å²) in [6.45, 7) is 8.00. The predicted octanol–water partition coefficient (Wildman–Crippen LogP) is -1.80. The molecule has 6 atom stereocenters. The Morgan fingerprint density at radius 3 is 2.71 bits per heavy atom. The van der Waals surface area contributed by atoms with E-state index < -0.39 is 17.9 Å². The van der Waals surface area contributed by atoms with Crippen molar-refractivity contribution in [3.63, 3.8) is 0 Å². The maximum atomic E-state index is 13.3. The standard InChI is InChI=1S/C26H40N10O5S/c1-14-21-20(15(2)31-19(37)12-35-13-30-32-33-35)25(39)36(21)22(26(40)41)23(14)42-17-9-18(29-11-17)24(38)34-7-3-16(4-8-34)10-28-6-5-27/h13-18,20-21,28-29H,3-12,27H2,1-2H3,(H,31,37)(H,40,41)/t14-,15-,17?,18?,20-,21-/m1/s1. The average Bonchev–Trinajstić information content (AvgIpc) is 3.69. The van der Waals surface area contributed by atoms with Gasteiger partial charge in [-0.25, -0.2) is 9.48 Å². The second-order valence-corrected chi connectivity index (χ2v) is 12.9. The summed E-state index contributed by atoms with van der Waals surface area (Å²) in [6.07, 6.45) is 3.84. The van der Waals surface area contributed by atoms with E-state index in [0.717, 1.165) is 39.0 Å². The molecule has 3 saturated heterocycles. The number of amides is 3. The summed E-state index contributed by atoms with van der Waals surface area (Å²) in [5.74, 6) is -1.91. The number of nitrogens with two attached hydrogens (primary N) is 1. The van der Waals surface area contributed by atoms with Crippen molar-refractivity contribution in [2.24, 2.45) is 23.5 Å². The molecular formula is C26H40N10O5S. The number of rotatable bonds is 12. The number of tetrazole rings is 1. The molecule has 0 spiro atoms. The van der Waals surface area contributed by atoms with Gasteiger partial charge in [0.15, 0.2) is 0 Å². The quantitative estimate of drug-likeness (QED) is 0.133.